The molecule has 4 heterocycles. The molecule has 0 unspecified atom stereocenters. The van der Waals surface area contributed by atoms with Crippen LogP contribution in [0.5, 0.6) is 5.75 Å². The Kier molecular flexibility index (Phi) is 8.59. The summed E-state index contributed by atoms with van der Waals surface area (Å²) in [5.41, 5.74) is 4.70. The highest BCUT2D eigenvalue weighted by Gasteiger charge is 2.44. The minimum Gasteiger partial charge on any atom is -0.508 e. The van der Waals surface area contributed by atoms with E-state index in [0.717, 1.165) is 38.0 Å². The van der Waals surface area contributed by atoms with Gasteiger partial charge in [0.2, 0.25) is 23.6 Å². The number of amides is 4. The molecule has 5 aromatic rings. The number of aryl methyl sites for hydroxylation is 1. The van der Waals surface area contributed by atoms with Crippen LogP contribution >= 0.6 is 11.3 Å². The standard InChI is InChI=1S/C35H33N7O5S/c43-25-11-8-20(9-12-25)14-28(38-31(44)16-23-19-48-30-7-2-1-6-26(23)30)33(45)39-27-13-10-21-4-3-5-22-15-29(42(32(21)22)35(27)47)34(46)36-17-24-18-37-41-40-24/h1-9,11-12,18-19,27-29,43H,10,13-17H2,(H,36,46)(H,38,44)(H,39,45)(H,37,40,41)/t27-,28-,29-/m0/s1. The van der Waals surface area contributed by atoms with E-state index in [0.29, 0.717) is 25.0 Å². The normalized spacial score (nSPS) is 17.4. The predicted octanol–water partition coefficient (Wildman–Crippen LogP) is 2.70. The Bertz CT molecular complexity index is 1990. The predicted molar refractivity (Wildman–Crippen MR) is 179 cm³/mol. The molecule has 0 saturated heterocycles. The average molecular weight is 664 g/mol. The van der Waals surface area contributed by atoms with Gasteiger partial charge in [-0.3, -0.25) is 24.1 Å². The van der Waals surface area contributed by atoms with Crippen LogP contribution in [0.25, 0.3) is 10.1 Å². The number of hydrogen-bond acceptors (Lipinski definition) is 8. The minimum absolute atomic E-state index is 0.0846. The number of rotatable bonds is 10. The molecule has 244 valence electrons. The minimum atomic E-state index is -0.999. The molecule has 5 N–H and O–H groups in total. The summed E-state index contributed by atoms with van der Waals surface area (Å²) in [6.45, 7) is 0.150. The number of benzene rings is 3. The third-order valence-corrected chi connectivity index (χ3v) is 9.89. The molecule has 3 atom stereocenters. The van der Waals surface area contributed by atoms with Gasteiger partial charge in [0.15, 0.2) is 0 Å². The van der Waals surface area contributed by atoms with Gasteiger partial charge in [0, 0.05) is 17.5 Å². The van der Waals surface area contributed by atoms with E-state index in [-0.39, 0.29) is 42.9 Å². The number of aromatic amines is 1. The van der Waals surface area contributed by atoms with Crippen molar-refractivity contribution in [2.24, 2.45) is 0 Å². The van der Waals surface area contributed by atoms with Crippen molar-refractivity contribution in [2.75, 3.05) is 4.90 Å². The fourth-order valence-electron chi connectivity index (χ4n) is 6.52. The van der Waals surface area contributed by atoms with Crippen LogP contribution in [0.15, 0.2) is 78.3 Å². The molecule has 2 aromatic heterocycles. The van der Waals surface area contributed by atoms with E-state index >= 15 is 0 Å². The Balaban J connectivity index is 1.10. The molecule has 0 fully saturated rings. The SMILES string of the molecule is O=C(Cc1csc2ccccc12)N[C@@H](Cc1ccc(O)cc1)C(=O)N[C@H]1CCc2cccc3c2N(C1=O)[C@H](C(=O)NCc1cn[nH]n1)C3. The number of nitrogens with one attached hydrogen (secondary N) is 4. The van der Waals surface area contributed by atoms with Crippen molar-refractivity contribution in [3.63, 3.8) is 0 Å². The summed E-state index contributed by atoms with van der Waals surface area (Å²) in [6, 6.07) is 17.3. The molecule has 13 heteroatoms. The van der Waals surface area contributed by atoms with Crippen molar-refractivity contribution in [2.45, 2.75) is 56.8 Å². The van der Waals surface area contributed by atoms with Crippen LogP contribution < -0.4 is 20.9 Å². The lowest BCUT2D eigenvalue weighted by Gasteiger charge is -2.29. The zero-order chi connectivity index (χ0) is 33.2. The second-order valence-corrected chi connectivity index (χ2v) is 13.0. The number of fused-ring (bicyclic) bond motifs is 1. The summed E-state index contributed by atoms with van der Waals surface area (Å²) >= 11 is 1.56. The Labute approximate surface area is 279 Å². The molecule has 3 aromatic carbocycles. The number of phenolic OH excluding ortho intramolecular Hbond substituents is 1. The quantitative estimate of drug-likeness (QED) is 0.153. The second-order valence-electron chi connectivity index (χ2n) is 12.1. The number of carbonyl (C=O) groups excluding carboxylic acids is 4. The zero-order valence-electron chi connectivity index (χ0n) is 25.8. The zero-order valence-corrected chi connectivity index (χ0v) is 26.6. The van der Waals surface area contributed by atoms with E-state index < -0.39 is 24.0 Å². The van der Waals surface area contributed by atoms with Gasteiger partial charge in [0.25, 0.3) is 0 Å². The van der Waals surface area contributed by atoms with Gasteiger partial charge < -0.3 is 21.1 Å². The van der Waals surface area contributed by atoms with E-state index in [9.17, 15) is 24.3 Å². The highest BCUT2D eigenvalue weighted by Crippen LogP contribution is 2.39. The van der Waals surface area contributed by atoms with E-state index in [1.54, 1.807) is 23.5 Å². The van der Waals surface area contributed by atoms with Crippen LogP contribution in [0, 0.1) is 0 Å². The number of anilines is 1. The molecular weight excluding hydrogens is 630 g/mol. The highest BCUT2D eigenvalue weighted by atomic mass is 32.1. The number of nitrogens with zero attached hydrogens (tertiary/aromatic N) is 3. The van der Waals surface area contributed by atoms with Crippen LogP contribution in [0.2, 0.25) is 0 Å². The number of para-hydroxylation sites is 1. The Morgan fingerprint density at radius 3 is 2.67 bits per heavy atom. The molecule has 12 nitrogen and oxygen atoms in total. The van der Waals surface area contributed by atoms with Gasteiger partial charge in [0.1, 0.15) is 29.6 Å². The summed E-state index contributed by atoms with van der Waals surface area (Å²) in [5, 5.41) is 31.7. The summed E-state index contributed by atoms with van der Waals surface area (Å²) < 4.78 is 1.07. The first-order chi connectivity index (χ1) is 23.3. The highest BCUT2D eigenvalue weighted by molar-refractivity contribution is 7.17. The lowest BCUT2D eigenvalue weighted by atomic mass is 10.0. The molecule has 2 aliphatic heterocycles. The molecular formula is C35H33N7O5S. The molecule has 0 spiro atoms. The summed E-state index contributed by atoms with van der Waals surface area (Å²) in [6.07, 6.45) is 2.93. The third kappa shape index (κ3) is 6.36. The van der Waals surface area contributed by atoms with Crippen molar-refractivity contribution >= 4 is 50.7 Å². The van der Waals surface area contributed by atoms with Crippen molar-refractivity contribution in [3.05, 3.63) is 106 Å². The monoisotopic (exact) mass is 663 g/mol. The van der Waals surface area contributed by atoms with Crippen molar-refractivity contribution < 1.29 is 24.3 Å². The van der Waals surface area contributed by atoms with E-state index in [4.69, 9.17) is 0 Å². The summed E-state index contributed by atoms with van der Waals surface area (Å²) in [5.74, 6) is -1.47. The van der Waals surface area contributed by atoms with Crippen LogP contribution in [0.3, 0.4) is 0 Å². The largest absolute Gasteiger partial charge is 0.508 e. The van der Waals surface area contributed by atoms with E-state index in [1.807, 2.05) is 47.8 Å². The number of aromatic nitrogens is 3. The maximum Gasteiger partial charge on any atom is 0.250 e. The number of carbonyl (C=O) groups is 4. The van der Waals surface area contributed by atoms with Gasteiger partial charge in [-0.1, -0.05) is 48.5 Å². The Morgan fingerprint density at radius 2 is 1.85 bits per heavy atom. The first kappa shape index (κ1) is 31.1. The fourth-order valence-corrected chi connectivity index (χ4v) is 7.48. The van der Waals surface area contributed by atoms with Gasteiger partial charge in [-0.2, -0.15) is 15.4 Å². The number of phenols is 1. The molecule has 0 aliphatic carbocycles. The lowest BCUT2D eigenvalue weighted by molar-refractivity contribution is -0.132. The maximum absolute atomic E-state index is 14.2. The van der Waals surface area contributed by atoms with Crippen LogP contribution in [-0.2, 0) is 51.4 Å². The van der Waals surface area contributed by atoms with Gasteiger partial charge in [-0.25, -0.2) is 0 Å². The first-order valence-corrected chi connectivity index (χ1v) is 16.6. The molecule has 48 heavy (non-hydrogen) atoms. The maximum atomic E-state index is 14.2. The Hall–Kier alpha value is -5.56. The number of thiophene rings is 1. The van der Waals surface area contributed by atoms with Gasteiger partial charge >= 0.3 is 0 Å². The number of hydrogen-bond donors (Lipinski definition) is 5. The summed E-state index contributed by atoms with van der Waals surface area (Å²) in [4.78, 5) is 56.6. The van der Waals surface area contributed by atoms with Crippen molar-refractivity contribution in [3.8, 4) is 5.75 Å². The van der Waals surface area contributed by atoms with Crippen LogP contribution in [0.1, 0.15) is 34.4 Å². The van der Waals surface area contributed by atoms with Crippen molar-refractivity contribution in [1.29, 1.82) is 0 Å². The van der Waals surface area contributed by atoms with Crippen LogP contribution in [-0.4, -0.2) is 62.3 Å². The van der Waals surface area contributed by atoms with Gasteiger partial charge in [-0.05, 0) is 64.1 Å². The topological polar surface area (TPSA) is 169 Å². The molecule has 0 bridgehead atoms. The third-order valence-electron chi connectivity index (χ3n) is 8.87. The summed E-state index contributed by atoms with van der Waals surface area (Å²) in [7, 11) is 0. The second kappa shape index (κ2) is 13.3. The Morgan fingerprint density at radius 1 is 1.04 bits per heavy atom. The number of aromatic hydroxyl groups is 1. The molecule has 0 radical (unpaired) electrons. The molecule has 2 aliphatic rings. The number of H-pyrrole nitrogens is 1. The fraction of sp³-hybridized carbons (Fsp3) is 0.257. The molecule has 7 rings (SSSR count). The van der Waals surface area contributed by atoms with Gasteiger partial charge in [0.05, 0.1) is 24.8 Å². The molecule has 4 amide bonds. The van der Waals surface area contributed by atoms with Crippen LogP contribution in [0.4, 0.5) is 5.69 Å². The average Bonchev–Trinajstić information content (AvgIpc) is 3.83. The molecule has 0 saturated carbocycles. The lowest BCUT2D eigenvalue weighted by Crippen LogP contribution is -2.57. The first-order valence-electron chi connectivity index (χ1n) is 15.7. The van der Waals surface area contributed by atoms with E-state index in [2.05, 4.69) is 31.4 Å². The van der Waals surface area contributed by atoms with E-state index in [1.165, 1.54) is 23.2 Å². The van der Waals surface area contributed by atoms with Crippen molar-refractivity contribution in [1.82, 2.24) is 31.4 Å². The van der Waals surface area contributed by atoms with Gasteiger partial charge in [-0.15, -0.1) is 11.3 Å². The smallest absolute Gasteiger partial charge is 0.250 e.